The second-order valence-corrected chi connectivity index (χ2v) is 4.41. The van der Waals surface area contributed by atoms with E-state index in [-0.39, 0.29) is 0 Å². The monoisotopic (exact) mass is 260 g/mol. The zero-order chi connectivity index (χ0) is 13.0. The highest BCUT2D eigenvalue weighted by Crippen LogP contribution is 2.22. The van der Waals surface area contributed by atoms with Crippen LogP contribution in [-0.4, -0.2) is 16.3 Å². The van der Waals surface area contributed by atoms with Crippen LogP contribution in [0.5, 0.6) is 0 Å². The van der Waals surface area contributed by atoms with E-state index in [2.05, 4.69) is 16.5 Å². The number of nitriles is 1. The van der Waals surface area contributed by atoms with Crippen molar-refractivity contribution in [3.05, 3.63) is 46.7 Å². The predicted molar refractivity (Wildman–Crippen MR) is 71.6 cm³/mol. The van der Waals surface area contributed by atoms with Crippen LogP contribution in [0.15, 0.2) is 30.6 Å². The molecule has 1 N–H and O–H groups in total. The third-order valence-corrected chi connectivity index (χ3v) is 2.90. The summed E-state index contributed by atoms with van der Waals surface area (Å²) in [7, 11) is 1.90. The molecule has 0 aliphatic carbocycles. The van der Waals surface area contributed by atoms with Crippen LogP contribution in [0.4, 0.5) is 5.69 Å². The van der Waals surface area contributed by atoms with Gasteiger partial charge < -0.3 is 5.32 Å². The quantitative estimate of drug-likeness (QED) is 0.919. The molecule has 92 valence electrons. The average Bonchev–Trinajstić information content (AvgIpc) is 2.77. The lowest BCUT2D eigenvalue weighted by Crippen LogP contribution is -2.04. The lowest BCUT2D eigenvalue weighted by atomic mass is 10.2. The smallest absolute Gasteiger partial charge is 0.0992 e. The van der Waals surface area contributed by atoms with Crippen molar-refractivity contribution in [3.63, 3.8) is 0 Å². The number of halogens is 1. The average molecular weight is 261 g/mol. The molecule has 0 unspecified atom stereocenters. The van der Waals surface area contributed by atoms with Crippen molar-refractivity contribution in [2.24, 2.45) is 7.05 Å². The Morgan fingerprint density at radius 1 is 1.50 bits per heavy atom. The van der Waals surface area contributed by atoms with Crippen molar-refractivity contribution >= 4 is 17.3 Å². The minimum Gasteiger partial charge on any atom is -0.384 e. The van der Waals surface area contributed by atoms with E-state index in [1.807, 2.05) is 25.5 Å². The van der Waals surface area contributed by atoms with Crippen LogP contribution in [0.2, 0.25) is 5.02 Å². The Bertz CT molecular complexity index is 583. The van der Waals surface area contributed by atoms with Crippen molar-refractivity contribution in [1.29, 1.82) is 5.26 Å². The van der Waals surface area contributed by atoms with Gasteiger partial charge in [-0.2, -0.15) is 10.4 Å². The van der Waals surface area contributed by atoms with Gasteiger partial charge in [-0.05, 0) is 30.2 Å². The first-order valence-corrected chi connectivity index (χ1v) is 5.98. The molecule has 0 aliphatic heterocycles. The maximum atomic E-state index is 8.74. The van der Waals surface area contributed by atoms with Gasteiger partial charge in [-0.1, -0.05) is 11.6 Å². The first-order chi connectivity index (χ1) is 8.69. The molecule has 5 heteroatoms. The normalized spacial score (nSPS) is 10.1. The molecule has 1 heterocycles. The Kier molecular flexibility index (Phi) is 3.85. The summed E-state index contributed by atoms with van der Waals surface area (Å²) >= 11 is 6.06. The first-order valence-electron chi connectivity index (χ1n) is 5.60. The molecule has 0 aliphatic rings. The SMILES string of the molecule is Cn1cc(CCNc2ccc(C#N)cc2Cl)cn1. The molecule has 1 aromatic heterocycles. The van der Waals surface area contributed by atoms with Gasteiger partial charge >= 0.3 is 0 Å². The summed E-state index contributed by atoms with van der Waals surface area (Å²) in [5.74, 6) is 0. The number of aryl methyl sites for hydroxylation is 1. The van der Waals surface area contributed by atoms with E-state index in [4.69, 9.17) is 16.9 Å². The van der Waals surface area contributed by atoms with Crippen LogP contribution in [0, 0.1) is 11.3 Å². The van der Waals surface area contributed by atoms with E-state index in [1.54, 1.807) is 16.8 Å². The molecule has 0 amide bonds. The van der Waals surface area contributed by atoms with Gasteiger partial charge in [0, 0.05) is 19.8 Å². The highest BCUT2D eigenvalue weighted by atomic mass is 35.5. The number of nitrogens with one attached hydrogen (secondary N) is 1. The molecule has 0 saturated heterocycles. The van der Waals surface area contributed by atoms with Crippen LogP contribution in [0.3, 0.4) is 0 Å². The topological polar surface area (TPSA) is 53.6 Å². The Labute approximate surface area is 111 Å². The third-order valence-electron chi connectivity index (χ3n) is 2.59. The molecule has 0 spiro atoms. The van der Waals surface area contributed by atoms with Gasteiger partial charge in [0.1, 0.15) is 0 Å². The van der Waals surface area contributed by atoms with Gasteiger partial charge in [0.15, 0.2) is 0 Å². The molecule has 4 nitrogen and oxygen atoms in total. The van der Waals surface area contributed by atoms with Gasteiger partial charge in [-0.25, -0.2) is 0 Å². The van der Waals surface area contributed by atoms with Crippen LogP contribution < -0.4 is 5.32 Å². The molecule has 1 aromatic carbocycles. The maximum Gasteiger partial charge on any atom is 0.0992 e. The van der Waals surface area contributed by atoms with Crippen LogP contribution in [0.1, 0.15) is 11.1 Å². The molecule has 0 radical (unpaired) electrons. The van der Waals surface area contributed by atoms with E-state index in [0.717, 1.165) is 18.7 Å². The number of rotatable bonds is 4. The van der Waals surface area contributed by atoms with E-state index in [9.17, 15) is 0 Å². The van der Waals surface area contributed by atoms with E-state index in [0.29, 0.717) is 10.6 Å². The van der Waals surface area contributed by atoms with Crippen LogP contribution >= 0.6 is 11.6 Å². The van der Waals surface area contributed by atoms with E-state index >= 15 is 0 Å². The number of nitrogens with zero attached hydrogens (tertiary/aromatic N) is 3. The minimum absolute atomic E-state index is 0.567. The molecule has 2 aromatic rings. The molecule has 0 bridgehead atoms. The van der Waals surface area contributed by atoms with Gasteiger partial charge in [0.2, 0.25) is 0 Å². The summed E-state index contributed by atoms with van der Waals surface area (Å²) in [6.45, 7) is 0.775. The Balaban J connectivity index is 1.92. The fourth-order valence-electron chi connectivity index (χ4n) is 1.67. The Hall–Kier alpha value is -1.99. The van der Waals surface area contributed by atoms with Crippen molar-refractivity contribution in [3.8, 4) is 6.07 Å². The number of aromatic nitrogens is 2. The van der Waals surface area contributed by atoms with Crippen molar-refractivity contribution in [1.82, 2.24) is 9.78 Å². The summed E-state index contributed by atoms with van der Waals surface area (Å²) < 4.78 is 1.78. The molecule has 2 rings (SSSR count). The first kappa shape index (κ1) is 12.5. The lowest BCUT2D eigenvalue weighted by molar-refractivity contribution is 0.767. The van der Waals surface area contributed by atoms with Gasteiger partial charge in [0.05, 0.1) is 28.5 Å². The highest BCUT2D eigenvalue weighted by molar-refractivity contribution is 6.33. The van der Waals surface area contributed by atoms with Gasteiger partial charge in [-0.3, -0.25) is 4.68 Å². The van der Waals surface area contributed by atoms with E-state index < -0.39 is 0 Å². The lowest BCUT2D eigenvalue weighted by Gasteiger charge is -2.07. The zero-order valence-corrected chi connectivity index (χ0v) is 10.8. The summed E-state index contributed by atoms with van der Waals surface area (Å²) in [4.78, 5) is 0. The van der Waals surface area contributed by atoms with Crippen molar-refractivity contribution < 1.29 is 0 Å². The van der Waals surface area contributed by atoms with E-state index in [1.165, 1.54) is 5.56 Å². The second-order valence-electron chi connectivity index (χ2n) is 4.01. The maximum absolute atomic E-state index is 8.74. The largest absolute Gasteiger partial charge is 0.384 e. The summed E-state index contributed by atoms with van der Waals surface area (Å²) in [5, 5.41) is 16.7. The summed E-state index contributed by atoms with van der Waals surface area (Å²) in [6.07, 6.45) is 4.72. The standard InChI is InChI=1S/C13H13ClN4/c1-18-9-11(8-17-18)4-5-16-13-3-2-10(7-15)6-12(13)14/h2-3,6,8-9,16H,4-5H2,1H3. The zero-order valence-electron chi connectivity index (χ0n) is 10.0. The summed E-state index contributed by atoms with van der Waals surface area (Å²) in [5.41, 5.74) is 2.59. The number of benzene rings is 1. The summed E-state index contributed by atoms with van der Waals surface area (Å²) in [6, 6.07) is 7.29. The van der Waals surface area contributed by atoms with Crippen LogP contribution in [-0.2, 0) is 13.5 Å². The second kappa shape index (κ2) is 5.56. The molecular weight excluding hydrogens is 248 g/mol. The highest BCUT2D eigenvalue weighted by Gasteiger charge is 2.02. The molecule has 0 atom stereocenters. The Morgan fingerprint density at radius 2 is 2.33 bits per heavy atom. The fraction of sp³-hybridized carbons (Fsp3) is 0.231. The fourth-order valence-corrected chi connectivity index (χ4v) is 1.92. The van der Waals surface area contributed by atoms with Crippen LogP contribution in [0.25, 0.3) is 0 Å². The number of hydrogen-bond acceptors (Lipinski definition) is 3. The number of hydrogen-bond donors (Lipinski definition) is 1. The number of anilines is 1. The minimum atomic E-state index is 0.567. The predicted octanol–water partition coefficient (Wildman–Crippen LogP) is 2.60. The molecular formula is C13H13ClN4. The van der Waals surface area contributed by atoms with Crippen molar-refractivity contribution in [2.75, 3.05) is 11.9 Å². The van der Waals surface area contributed by atoms with Crippen molar-refractivity contribution in [2.45, 2.75) is 6.42 Å². The third kappa shape index (κ3) is 3.02. The van der Waals surface area contributed by atoms with Gasteiger partial charge in [-0.15, -0.1) is 0 Å². The Morgan fingerprint density at radius 3 is 2.94 bits per heavy atom. The molecule has 18 heavy (non-hydrogen) atoms. The molecule has 0 saturated carbocycles. The molecule has 0 fully saturated rings. The van der Waals surface area contributed by atoms with Gasteiger partial charge in [0.25, 0.3) is 0 Å².